The van der Waals surface area contributed by atoms with Crippen LogP contribution in [0.15, 0.2) is 59.6 Å². The Morgan fingerprint density at radius 1 is 0.833 bits per heavy atom. The molecule has 252 valence electrons. The van der Waals surface area contributed by atoms with Gasteiger partial charge in [0.05, 0.1) is 22.0 Å². The van der Waals surface area contributed by atoms with E-state index in [0.717, 1.165) is 5.56 Å². The number of aromatic carboxylic acids is 1. The third-order valence-corrected chi connectivity index (χ3v) is 9.83. The maximum absolute atomic E-state index is 12.7. The first-order valence-electron chi connectivity index (χ1n) is 15.2. The monoisotopic (exact) mass is 692 g/mol. The van der Waals surface area contributed by atoms with Gasteiger partial charge in [0.2, 0.25) is 0 Å². The van der Waals surface area contributed by atoms with Gasteiger partial charge in [0.1, 0.15) is 23.0 Å². The standard InChI is InChI=1S/C35H36N2O9S2/c1-18(2)19-7-8-22(33(38)39)25(9-19)32-26-10-23-20(16-47(40,41)42)14-34(3,4)36-28(23)12-30(26)46-31-13-29-24(11-27(31)32)21(17-48(43,44)45)15-35(5,6)37-29/h7-15,18,36H,16-17H2,1-6H3,(H,38,39)(H,40,41,42)(H,43,44,45). The lowest BCUT2D eigenvalue weighted by atomic mass is 9.83. The van der Waals surface area contributed by atoms with Crippen LogP contribution < -0.4 is 20.6 Å². The Balaban J connectivity index is 1.76. The molecule has 3 aliphatic rings. The summed E-state index contributed by atoms with van der Waals surface area (Å²) in [5.74, 6) is -1.72. The second-order valence-electron chi connectivity index (χ2n) is 13.9. The van der Waals surface area contributed by atoms with Crippen molar-refractivity contribution in [2.24, 2.45) is 4.99 Å². The Morgan fingerprint density at radius 2 is 1.48 bits per heavy atom. The van der Waals surface area contributed by atoms with Crippen LogP contribution in [0, 0.1) is 0 Å². The molecule has 13 heteroatoms. The maximum atomic E-state index is 12.7. The molecule has 0 aliphatic carbocycles. The van der Waals surface area contributed by atoms with Crippen molar-refractivity contribution in [1.82, 2.24) is 0 Å². The van der Waals surface area contributed by atoms with Crippen LogP contribution in [0.5, 0.6) is 11.5 Å². The molecule has 3 aliphatic heterocycles. The van der Waals surface area contributed by atoms with Gasteiger partial charge in [-0.25, -0.2) is 4.79 Å². The minimum atomic E-state index is -4.43. The zero-order valence-electron chi connectivity index (χ0n) is 27.2. The molecule has 6 rings (SSSR count). The van der Waals surface area contributed by atoms with Crippen molar-refractivity contribution in [2.45, 2.75) is 58.5 Å². The summed E-state index contributed by atoms with van der Waals surface area (Å²) in [7, 11) is -8.86. The molecule has 0 fully saturated rings. The highest BCUT2D eigenvalue weighted by Gasteiger charge is 2.33. The van der Waals surface area contributed by atoms with Crippen LogP contribution in [0.3, 0.4) is 0 Å². The number of hydrogen-bond donors (Lipinski definition) is 4. The lowest BCUT2D eigenvalue weighted by Crippen LogP contribution is -2.33. The number of ether oxygens (including phenoxy) is 1. The molecule has 0 bridgehead atoms. The van der Waals surface area contributed by atoms with Crippen molar-refractivity contribution in [3.63, 3.8) is 0 Å². The molecule has 48 heavy (non-hydrogen) atoms. The van der Waals surface area contributed by atoms with E-state index in [0.29, 0.717) is 66.7 Å². The number of hydrogen-bond acceptors (Lipinski definition) is 8. The molecule has 0 atom stereocenters. The van der Waals surface area contributed by atoms with E-state index >= 15 is 0 Å². The Bertz CT molecular complexity index is 2350. The number of benzene rings is 3. The van der Waals surface area contributed by atoms with Crippen LogP contribution in [-0.2, 0) is 20.2 Å². The second-order valence-corrected chi connectivity index (χ2v) is 16.8. The van der Waals surface area contributed by atoms with Gasteiger partial charge in [-0.1, -0.05) is 32.1 Å². The van der Waals surface area contributed by atoms with Gasteiger partial charge in [-0.3, -0.25) is 14.1 Å². The summed E-state index contributed by atoms with van der Waals surface area (Å²) in [4.78, 5) is 17.5. The molecular weight excluding hydrogens is 657 g/mol. The molecule has 0 aromatic heterocycles. The summed E-state index contributed by atoms with van der Waals surface area (Å²) in [6, 6.07) is 11.9. The van der Waals surface area contributed by atoms with Gasteiger partial charge < -0.3 is 15.2 Å². The SMILES string of the molecule is CC(C)c1ccc(C(=O)O)c(C2=c3cc4c(cc3Oc3cc5c(cc32)C(CS(=O)(=O)O)=CC(C)(C)N5)=NC(C)(C)C=C4CS(=O)(=O)O)c1. The third kappa shape index (κ3) is 6.55. The molecule has 0 saturated heterocycles. The van der Waals surface area contributed by atoms with E-state index in [4.69, 9.17) is 9.73 Å². The molecule has 3 heterocycles. The molecule has 0 unspecified atom stereocenters. The van der Waals surface area contributed by atoms with Crippen molar-refractivity contribution in [3.8, 4) is 11.5 Å². The summed E-state index contributed by atoms with van der Waals surface area (Å²) in [5, 5.41) is 14.7. The predicted molar refractivity (Wildman–Crippen MR) is 183 cm³/mol. The molecule has 0 spiro atoms. The molecule has 11 nitrogen and oxygen atoms in total. The van der Waals surface area contributed by atoms with Crippen LogP contribution in [0.2, 0.25) is 0 Å². The van der Waals surface area contributed by atoms with Gasteiger partial charge in [0, 0.05) is 45.3 Å². The largest absolute Gasteiger partial charge is 0.478 e. The molecule has 0 radical (unpaired) electrons. The van der Waals surface area contributed by atoms with Crippen molar-refractivity contribution < 1.29 is 40.6 Å². The Labute approximate surface area is 278 Å². The van der Waals surface area contributed by atoms with Gasteiger partial charge in [-0.05, 0) is 80.2 Å². The number of anilines is 1. The fraction of sp³-hybridized carbons (Fsp3) is 0.314. The minimum Gasteiger partial charge on any atom is -0.478 e. The first-order valence-corrected chi connectivity index (χ1v) is 18.5. The predicted octanol–water partition coefficient (Wildman–Crippen LogP) is 5.02. The van der Waals surface area contributed by atoms with Gasteiger partial charge in [0.25, 0.3) is 20.2 Å². The fourth-order valence-corrected chi connectivity index (χ4v) is 7.93. The van der Waals surface area contributed by atoms with Crippen LogP contribution in [-0.4, -0.2) is 59.6 Å². The molecule has 3 aromatic carbocycles. The highest BCUT2D eigenvalue weighted by atomic mass is 32.2. The van der Waals surface area contributed by atoms with Gasteiger partial charge in [-0.15, -0.1) is 0 Å². The lowest BCUT2D eigenvalue weighted by molar-refractivity contribution is 0.0696. The van der Waals surface area contributed by atoms with E-state index in [1.54, 1.807) is 68.5 Å². The van der Waals surface area contributed by atoms with E-state index in [-0.39, 0.29) is 11.5 Å². The second kappa shape index (κ2) is 11.1. The minimum absolute atomic E-state index is 0.0103. The highest BCUT2D eigenvalue weighted by molar-refractivity contribution is 7.86. The Kier molecular flexibility index (Phi) is 7.79. The van der Waals surface area contributed by atoms with E-state index in [1.165, 1.54) is 0 Å². The zero-order valence-corrected chi connectivity index (χ0v) is 28.9. The Hall–Kier alpha value is -4.30. The zero-order chi connectivity index (χ0) is 35.1. The maximum Gasteiger partial charge on any atom is 0.336 e. The van der Waals surface area contributed by atoms with Gasteiger partial charge >= 0.3 is 5.97 Å². The van der Waals surface area contributed by atoms with E-state index in [9.17, 15) is 35.8 Å². The fourth-order valence-electron chi connectivity index (χ4n) is 6.67. The van der Waals surface area contributed by atoms with Crippen LogP contribution in [0.25, 0.3) is 16.7 Å². The summed E-state index contributed by atoms with van der Waals surface area (Å²) in [6.07, 6.45) is 3.39. The number of rotatable bonds is 7. The van der Waals surface area contributed by atoms with Crippen LogP contribution in [0.4, 0.5) is 5.69 Å². The normalized spacial score (nSPS) is 17.4. The van der Waals surface area contributed by atoms with Crippen molar-refractivity contribution in [3.05, 3.63) is 98.6 Å². The molecule has 4 N–H and O–H groups in total. The van der Waals surface area contributed by atoms with Gasteiger partial charge in [-0.2, -0.15) is 16.8 Å². The summed E-state index contributed by atoms with van der Waals surface area (Å²) in [6.45, 7) is 11.3. The number of fused-ring (bicyclic) bond motifs is 4. The molecule has 0 saturated carbocycles. The lowest BCUT2D eigenvalue weighted by Gasteiger charge is -2.34. The summed E-state index contributed by atoms with van der Waals surface area (Å²) in [5.41, 5.74) is 2.83. The average molecular weight is 693 g/mol. The average Bonchev–Trinajstić information content (AvgIpc) is 2.91. The molecule has 3 aromatic rings. The van der Waals surface area contributed by atoms with Crippen molar-refractivity contribution in [1.29, 1.82) is 0 Å². The first-order chi connectivity index (χ1) is 22.1. The number of carboxylic acid groups (broad SMARTS) is 1. The summed E-state index contributed by atoms with van der Waals surface area (Å²) >= 11 is 0. The summed E-state index contributed by atoms with van der Waals surface area (Å²) < 4.78 is 74.6. The van der Waals surface area contributed by atoms with E-state index in [2.05, 4.69) is 5.32 Å². The quantitative estimate of drug-likeness (QED) is 0.192. The van der Waals surface area contributed by atoms with Crippen molar-refractivity contribution in [2.75, 3.05) is 16.8 Å². The van der Waals surface area contributed by atoms with E-state index < -0.39 is 48.8 Å². The van der Waals surface area contributed by atoms with Crippen LogP contribution >= 0.6 is 0 Å². The topological polar surface area (TPSA) is 180 Å². The number of nitrogens with zero attached hydrogens (tertiary/aromatic N) is 1. The number of carbonyl (C=O) groups is 1. The smallest absolute Gasteiger partial charge is 0.336 e. The molecular formula is C35H36N2O9S2. The third-order valence-electron chi connectivity index (χ3n) is 8.48. The van der Waals surface area contributed by atoms with Crippen LogP contribution in [0.1, 0.15) is 85.6 Å². The van der Waals surface area contributed by atoms with E-state index in [1.807, 2.05) is 27.7 Å². The molecule has 0 amide bonds. The number of nitrogens with one attached hydrogen (secondary N) is 1. The van der Waals surface area contributed by atoms with Crippen molar-refractivity contribution >= 4 is 48.6 Å². The Morgan fingerprint density at radius 3 is 2.08 bits per heavy atom. The number of carboxylic acids is 1. The van der Waals surface area contributed by atoms with Gasteiger partial charge in [0.15, 0.2) is 0 Å². The highest BCUT2D eigenvalue weighted by Crippen LogP contribution is 2.45. The first kappa shape index (κ1) is 33.6.